The van der Waals surface area contributed by atoms with Gasteiger partial charge in [0.05, 0.1) is 0 Å². The van der Waals surface area contributed by atoms with E-state index in [4.69, 9.17) is 0 Å². The lowest BCUT2D eigenvalue weighted by atomic mass is 9.74. The summed E-state index contributed by atoms with van der Waals surface area (Å²) in [5.74, 6) is 0. The van der Waals surface area contributed by atoms with Crippen LogP contribution in [0.5, 0.6) is 0 Å². The predicted octanol–water partition coefficient (Wildman–Crippen LogP) is 4.06. The van der Waals surface area contributed by atoms with Crippen molar-refractivity contribution in [3.8, 4) is 0 Å². The Hall–Kier alpha value is -0.0800. The van der Waals surface area contributed by atoms with Gasteiger partial charge in [-0.25, -0.2) is 0 Å². The van der Waals surface area contributed by atoms with Crippen molar-refractivity contribution in [2.24, 2.45) is 5.41 Å². The van der Waals surface area contributed by atoms with Gasteiger partial charge in [0.15, 0.2) is 0 Å². The number of hydrogen-bond donors (Lipinski definition) is 1. The van der Waals surface area contributed by atoms with E-state index in [-0.39, 0.29) is 0 Å². The van der Waals surface area contributed by atoms with Gasteiger partial charge in [-0.15, -0.1) is 0 Å². The zero-order chi connectivity index (χ0) is 14.0. The highest BCUT2D eigenvalue weighted by Crippen LogP contribution is 2.37. The smallest absolute Gasteiger partial charge is 0.00134 e. The Morgan fingerprint density at radius 2 is 1.53 bits per heavy atom. The lowest BCUT2D eigenvalue weighted by molar-refractivity contribution is 0.0942. The number of rotatable bonds is 10. The molecular weight excluding hydrogens is 232 g/mol. The molecule has 1 fully saturated rings. The molecule has 1 aliphatic rings. The molecule has 0 aliphatic carbocycles. The Morgan fingerprint density at radius 1 is 0.895 bits per heavy atom. The SMILES string of the molecule is CCNCCCCCCN1CCC(CC)(CC)CC1. The maximum absolute atomic E-state index is 3.40. The quantitative estimate of drug-likeness (QED) is 0.601. The van der Waals surface area contributed by atoms with E-state index in [1.807, 2.05) is 0 Å². The van der Waals surface area contributed by atoms with E-state index in [1.54, 1.807) is 0 Å². The van der Waals surface area contributed by atoms with Crippen LogP contribution >= 0.6 is 0 Å². The molecule has 2 nitrogen and oxygen atoms in total. The molecule has 1 saturated heterocycles. The van der Waals surface area contributed by atoms with Gasteiger partial charge in [-0.1, -0.05) is 46.5 Å². The third kappa shape index (κ3) is 6.27. The lowest BCUT2D eigenvalue weighted by Crippen LogP contribution is -2.39. The molecule has 114 valence electrons. The van der Waals surface area contributed by atoms with Crippen LogP contribution in [0, 0.1) is 5.41 Å². The molecule has 1 N–H and O–H groups in total. The van der Waals surface area contributed by atoms with E-state index in [2.05, 4.69) is 31.0 Å². The van der Waals surface area contributed by atoms with Crippen LogP contribution in [0.25, 0.3) is 0 Å². The average molecular weight is 268 g/mol. The van der Waals surface area contributed by atoms with Crippen LogP contribution in [0.15, 0.2) is 0 Å². The van der Waals surface area contributed by atoms with Crippen LogP contribution in [0.2, 0.25) is 0 Å². The summed E-state index contributed by atoms with van der Waals surface area (Å²) >= 11 is 0. The molecule has 0 spiro atoms. The summed E-state index contributed by atoms with van der Waals surface area (Å²) in [6.45, 7) is 13.3. The fourth-order valence-electron chi connectivity index (χ4n) is 3.32. The molecule has 0 saturated carbocycles. The van der Waals surface area contributed by atoms with Crippen LogP contribution < -0.4 is 5.32 Å². The Balaban J connectivity index is 2.00. The number of nitrogens with one attached hydrogen (secondary N) is 1. The minimum absolute atomic E-state index is 0.683. The lowest BCUT2D eigenvalue weighted by Gasteiger charge is -2.41. The normalized spacial score (nSPS) is 19.7. The standard InChI is InChI=1S/C17H36N2/c1-4-17(5-2)11-15-19(16-12-17)14-10-8-7-9-13-18-6-3/h18H,4-16H2,1-3H3. The molecule has 1 heterocycles. The summed E-state index contributed by atoms with van der Waals surface area (Å²) in [6.07, 6.45) is 11.2. The van der Waals surface area contributed by atoms with Crippen molar-refractivity contribution >= 4 is 0 Å². The highest BCUT2D eigenvalue weighted by Gasteiger charge is 2.30. The van der Waals surface area contributed by atoms with Crippen molar-refractivity contribution in [2.75, 3.05) is 32.7 Å². The number of likely N-dealkylation sites (tertiary alicyclic amines) is 1. The molecule has 0 radical (unpaired) electrons. The number of hydrogen-bond acceptors (Lipinski definition) is 2. The summed E-state index contributed by atoms with van der Waals surface area (Å²) in [5, 5.41) is 3.40. The van der Waals surface area contributed by atoms with Gasteiger partial charge >= 0.3 is 0 Å². The zero-order valence-corrected chi connectivity index (χ0v) is 13.6. The van der Waals surface area contributed by atoms with E-state index in [1.165, 1.54) is 77.5 Å². The highest BCUT2D eigenvalue weighted by molar-refractivity contribution is 4.83. The Morgan fingerprint density at radius 3 is 2.11 bits per heavy atom. The van der Waals surface area contributed by atoms with Crippen molar-refractivity contribution < 1.29 is 0 Å². The van der Waals surface area contributed by atoms with Gasteiger partial charge in [-0.2, -0.15) is 0 Å². The number of unbranched alkanes of at least 4 members (excludes halogenated alkanes) is 3. The van der Waals surface area contributed by atoms with E-state index in [9.17, 15) is 0 Å². The van der Waals surface area contributed by atoms with Gasteiger partial charge in [0.1, 0.15) is 0 Å². The van der Waals surface area contributed by atoms with Crippen molar-refractivity contribution in [2.45, 2.75) is 72.1 Å². The summed E-state index contributed by atoms with van der Waals surface area (Å²) in [4.78, 5) is 2.70. The molecule has 0 atom stereocenters. The molecule has 0 unspecified atom stereocenters. The Bertz CT molecular complexity index is 201. The molecular formula is C17H36N2. The minimum Gasteiger partial charge on any atom is -0.317 e. The maximum Gasteiger partial charge on any atom is -0.00134 e. The van der Waals surface area contributed by atoms with E-state index < -0.39 is 0 Å². The van der Waals surface area contributed by atoms with E-state index in [0.717, 1.165) is 6.54 Å². The second-order valence-electron chi connectivity index (χ2n) is 6.32. The first-order valence-electron chi connectivity index (χ1n) is 8.69. The molecule has 2 heteroatoms. The van der Waals surface area contributed by atoms with Gasteiger partial charge in [-0.05, 0) is 63.8 Å². The van der Waals surface area contributed by atoms with Gasteiger partial charge in [0.2, 0.25) is 0 Å². The number of piperidine rings is 1. The van der Waals surface area contributed by atoms with Crippen LogP contribution in [0.3, 0.4) is 0 Å². The van der Waals surface area contributed by atoms with Crippen molar-refractivity contribution in [1.82, 2.24) is 10.2 Å². The topological polar surface area (TPSA) is 15.3 Å². The predicted molar refractivity (Wildman–Crippen MR) is 85.7 cm³/mol. The Kier molecular flexibility index (Phi) is 8.72. The van der Waals surface area contributed by atoms with Gasteiger partial charge in [-0.3, -0.25) is 0 Å². The van der Waals surface area contributed by atoms with E-state index >= 15 is 0 Å². The first kappa shape index (κ1) is 17.0. The first-order chi connectivity index (χ1) is 9.26. The molecule has 0 amide bonds. The Labute approximate surface area is 121 Å². The van der Waals surface area contributed by atoms with Crippen LogP contribution in [-0.2, 0) is 0 Å². The zero-order valence-electron chi connectivity index (χ0n) is 13.6. The molecule has 1 rings (SSSR count). The van der Waals surface area contributed by atoms with Crippen LogP contribution in [0.4, 0.5) is 0 Å². The fraction of sp³-hybridized carbons (Fsp3) is 1.00. The van der Waals surface area contributed by atoms with Crippen molar-refractivity contribution in [3.05, 3.63) is 0 Å². The van der Waals surface area contributed by atoms with Gasteiger partial charge in [0.25, 0.3) is 0 Å². The third-order valence-corrected chi connectivity index (χ3v) is 5.24. The van der Waals surface area contributed by atoms with Crippen LogP contribution in [-0.4, -0.2) is 37.6 Å². The van der Waals surface area contributed by atoms with Gasteiger partial charge < -0.3 is 10.2 Å². The second-order valence-corrected chi connectivity index (χ2v) is 6.32. The summed E-state index contributed by atoms with van der Waals surface area (Å²) < 4.78 is 0. The third-order valence-electron chi connectivity index (χ3n) is 5.24. The second kappa shape index (κ2) is 9.77. The monoisotopic (exact) mass is 268 g/mol. The summed E-state index contributed by atoms with van der Waals surface area (Å²) in [7, 11) is 0. The largest absolute Gasteiger partial charge is 0.317 e. The summed E-state index contributed by atoms with van der Waals surface area (Å²) in [5.41, 5.74) is 0.683. The first-order valence-corrected chi connectivity index (χ1v) is 8.69. The molecule has 19 heavy (non-hydrogen) atoms. The molecule has 1 aliphatic heterocycles. The summed E-state index contributed by atoms with van der Waals surface area (Å²) in [6, 6.07) is 0. The van der Waals surface area contributed by atoms with E-state index in [0.29, 0.717) is 5.41 Å². The number of nitrogens with zero attached hydrogens (tertiary/aromatic N) is 1. The highest BCUT2D eigenvalue weighted by atomic mass is 15.1. The molecule has 0 bridgehead atoms. The maximum atomic E-state index is 3.40. The fourth-order valence-corrected chi connectivity index (χ4v) is 3.32. The van der Waals surface area contributed by atoms with Crippen LogP contribution in [0.1, 0.15) is 72.1 Å². The molecule has 0 aromatic heterocycles. The van der Waals surface area contributed by atoms with Gasteiger partial charge in [0, 0.05) is 0 Å². The average Bonchev–Trinajstić information content (AvgIpc) is 2.47. The van der Waals surface area contributed by atoms with Crippen molar-refractivity contribution in [1.29, 1.82) is 0 Å². The molecule has 0 aromatic carbocycles. The minimum atomic E-state index is 0.683. The van der Waals surface area contributed by atoms with Crippen molar-refractivity contribution in [3.63, 3.8) is 0 Å². The molecule has 0 aromatic rings.